The van der Waals surface area contributed by atoms with Gasteiger partial charge in [-0.15, -0.1) is 0 Å². The Bertz CT molecular complexity index is 686. The summed E-state index contributed by atoms with van der Waals surface area (Å²) >= 11 is 1.63. The lowest BCUT2D eigenvalue weighted by Gasteiger charge is -2.11. The van der Waals surface area contributed by atoms with Gasteiger partial charge in [0.1, 0.15) is 0 Å². The Hall–Kier alpha value is -1.55. The minimum atomic E-state index is 0.107. The van der Waals surface area contributed by atoms with Crippen molar-refractivity contribution >= 4 is 22.7 Å². The van der Waals surface area contributed by atoms with E-state index in [4.69, 9.17) is 0 Å². The molecule has 3 nitrogen and oxygen atoms in total. The average molecular weight is 272 g/mol. The fraction of sp³-hybridized carbons (Fsp3) is 0.333. The van der Waals surface area contributed by atoms with E-state index in [0.29, 0.717) is 6.04 Å². The first-order valence-electron chi connectivity index (χ1n) is 6.56. The largest absolute Gasteiger partial charge is 0.284 e. The zero-order valence-electron chi connectivity index (χ0n) is 10.9. The van der Waals surface area contributed by atoms with Gasteiger partial charge >= 0.3 is 0 Å². The molecule has 0 amide bonds. The molecule has 0 bridgehead atoms. The Balaban J connectivity index is 2.12. The second-order valence-corrected chi connectivity index (χ2v) is 5.69. The Kier molecular flexibility index (Phi) is 3.42. The number of allylic oxidation sites excluding steroid dienone is 1. The van der Waals surface area contributed by atoms with Crippen molar-refractivity contribution in [1.29, 1.82) is 0 Å². The lowest BCUT2D eigenvalue weighted by Crippen LogP contribution is -2.22. The van der Waals surface area contributed by atoms with Gasteiger partial charge in [-0.3, -0.25) is 9.36 Å². The number of hydrogen-bond donors (Lipinski definition) is 0. The molecule has 0 aliphatic heterocycles. The third-order valence-corrected chi connectivity index (χ3v) is 4.14. The molecule has 1 aliphatic carbocycles. The van der Waals surface area contributed by atoms with Crippen molar-refractivity contribution < 1.29 is 0 Å². The molecule has 0 unspecified atom stereocenters. The molecule has 0 N–H and O–H groups in total. The highest BCUT2D eigenvalue weighted by Gasteiger charge is 2.28. The van der Waals surface area contributed by atoms with Crippen LogP contribution in [0.15, 0.2) is 46.4 Å². The van der Waals surface area contributed by atoms with Gasteiger partial charge in [0.15, 0.2) is 5.16 Å². The Morgan fingerprint density at radius 2 is 2.21 bits per heavy atom. The summed E-state index contributed by atoms with van der Waals surface area (Å²) in [6.45, 7) is 2.00. The van der Waals surface area contributed by atoms with Crippen molar-refractivity contribution in [3.05, 3.63) is 46.8 Å². The van der Waals surface area contributed by atoms with Gasteiger partial charge in [-0.25, -0.2) is 4.98 Å². The van der Waals surface area contributed by atoms with Crippen LogP contribution in [0.2, 0.25) is 0 Å². The van der Waals surface area contributed by atoms with E-state index in [-0.39, 0.29) is 5.56 Å². The molecular formula is C15H16N2OS. The Morgan fingerprint density at radius 1 is 1.42 bits per heavy atom. The third-order valence-electron chi connectivity index (χ3n) is 3.23. The van der Waals surface area contributed by atoms with E-state index in [1.807, 2.05) is 41.8 Å². The maximum Gasteiger partial charge on any atom is 0.262 e. The number of aromatic nitrogens is 2. The average Bonchev–Trinajstić information content (AvgIpc) is 3.24. The Labute approximate surface area is 116 Å². The molecule has 4 heteroatoms. The summed E-state index contributed by atoms with van der Waals surface area (Å²) in [7, 11) is 0. The summed E-state index contributed by atoms with van der Waals surface area (Å²) < 4.78 is 1.89. The van der Waals surface area contributed by atoms with Gasteiger partial charge in [-0.1, -0.05) is 36.0 Å². The van der Waals surface area contributed by atoms with Crippen molar-refractivity contribution in [2.24, 2.45) is 0 Å². The van der Waals surface area contributed by atoms with Crippen molar-refractivity contribution in [3.63, 3.8) is 0 Å². The SMILES string of the molecule is C/C=C/CSc1nc2ccccc2c(=O)n1C1CC1. The fourth-order valence-electron chi connectivity index (χ4n) is 2.10. The van der Waals surface area contributed by atoms with Gasteiger partial charge in [0.25, 0.3) is 5.56 Å². The van der Waals surface area contributed by atoms with Crippen LogP contribution in [0.25, 0.3) is 10.9 Å². The molecule has 1 heterocycles. The standard InChI is InChI=1S/C15H16N2OS/c1-2-3-10-19-15-16-13-7-5-4-6-12(13)14(18)17(15)11-8-9-11/h2-7,11H,8-10H2,1H3/b3-2+. The maximum absolute atomic E-state index is 12.6. The fourth-order valence-corrected chi connectivity index (χ4v) is 3.07. The molecular weight excluding hydrogens is 256 g/mol. The first kappa shape index (κ1) is 12.5. The highest BCUT2D eigenvalue weighted by atomic mass is 32.2. The van der Waals surface area contributed by atoms with Crippen molar-refractivity contribution in [3.8, 4) is 0 Å². The van der Waals surface area contributed by atoms with Gasteiger partial charge in [-0.2, -0.15) is 0 Å². The summed E-state index contributed by atoms with van der Waals surface area (Å²) in [5.74, 6) is 0.855. The molecule has 98 valence electrons. The van der Waals surface area contributed by atoms with E-state index in [0.717, 1.165) is 34.7 Å². The van der Waals surface area contributed by atoms with E-state index in [9.17, 15) is 4.79 Å². The summed E-state index contributed by atoms with van der Waals surface area (Å²) in [4.78, 5) is 17.2. The predicted molar refractivity (Wildman–Crippen MR) is 79.8 cm³/mol. The normalized spacial score (nSPS) is 15.4. The van der Waals surface area contributed by atoms with Crippen LogP contribution in [0.4, 0.5) is 0 Å². The predicted octanol–water partition coefficient (Wildman–Crippen LogP) is 3.40. The van der Waals surface area contributed by atoms with Crippen LogP contribution in [0.1, 0.15) is 25.8 Å². The van der Waals surface area contributed by atoms with Crippen molar-refractivity contribution in [2.75, 3.05) is 5.75 Å². The number of fused-ring (bicyclic) bond motifs is 1. The molecule has 0 atom stereocenters. The minimum Gasteiger partial charge on any atom is -0.284 e. The van der Waals surface area contributed by atoms with Gasteiger partial charge in [-0.05, 0) is 31.9 Å². The highest BCUT2D eigenvalue weighted by Crippen LogP contribution is 2.36. The molecule has 19 heavy (non-hydrogen) atoms. The highest BCUT2D eigenvalue weighted by molar-refractivity contribution is 7.99. The van der Waals surface area contributed by atoms with Crippen LogP contribution < -0.4 is 5.56 Å². The van der Waals surface area contributed by atoms with Crippen LogP contribution >= 0.6 is 11.8 Å². The van der Waals surface area contributed by atoms with E-state index >= 15 is 0 Å². The molecule has 0 spiro atoms. The summed E-state index contributed by atoms with van der Waals surface area (Å²) in [6, 6.07) is 7.96. The topological polar surface area (TPSA) is 34.9 Å². The molecule has 2 aromatic rings. The second-order valence-electron chi connectivity index (χ2n) is 4.70. The molecule has 1 aromatic heterocycles. The van der Waals surface area contributed by atoms with Crippen LogP contribution in [0, 0.1) is 0 Å². The van der Waals surface area contributed by atoms with Crippen LogP contribution in [-0.4, -0.2) is 15.3 Å². The molecule has 3 rings (SSSR count). The van der Waals surface area contributed by atoms with Crippen molar-refractivity contribution in [2.45, 2.75) is 31.0 Å². The first-order valence-corrected chi connectivity index (χ1v) is 7.55. The van der Waals surface area contributed by atoms with E-state index in [1.54, 1.807) is 11.8 Å². The number of para-hydroxylation sites is 1. The molecule has 1 aromatic carbocycles. The number of benzene rings is 1. The summed E-state index contributed by atoms with van der Waals surface area (Å²) in [5.41, 5.74) is 0.906. The van der Waals surface area contributed by atoms with Gasteiger partial charge in [0.2, 0.25) is 0 Å². The number of thioether (sulfide) groups is 1. The summed E-state index contributed by atoms with van der Waals surface area (Å²) in [6.07, 6.45) is 6.30. The number of rotatable bonds is 4. The smallest absolute Gasteiger partial charge is 0.262 e. The zero-order valence-corrected chi connectivity index (χ0v) is 11.7. The molecule has 0 radical (unpaired) electrons. The summed E-state index contributed by atoms with van der Waals surface area (Å²) in [5, 5.41) is 1.58. The van der Waals surface area contributed by atoms with Crippen LogP contribution in [-0.2, 0) is 0 Å². The van der Waals surface area contributed by atoms with Crippen molar-refractivity contribution in [1.82, 2.24) is 9.55 Å². The second kappa shape index (κ2) is 5.21. The molecule has 1 aliphatic rings. The molecule has 1 fully saturated rings. The van der Waals surface area contributed by atoms with E-state index in [2.05, 4.69) is 11.1 Å². The van der Waals surface area contributed by atoms with Gasteiger partial charge in [0.05, 0.1) is 10.9 Å². The Morgan fingerprint density at radius 3 is 2.95 bits per heavy atom. The lowest BCUT2D eigenvalue weighted by atomic mass is 10.2. The van der Waals surface area contributed by atoms with Gasteiger partial charge in [0, 0.05) is 11.8 Å². The maximum atomic E-state index is 12.6. The minimum absolute atomic E-state index is 0.107. The monoisotopic (exact) mass is 272 g/mol. The zero-order chi connectivity index (χ0) is 13.2. The van der Waals surface area contributed by atoms with Gasteiger partial charge < -0.3 is 0 Å². The molecule has 0 saturated heterocycles. The third kappa shape index (κ3) is 2.45. The molecule has 1 saturated carbocycles. The first-order chi connectivity index (χ1) is 9.31. The van der Waals surface area contributed by atoms with E-state index < -0.39 is 0 Å². The van der Waals surface area contributed by atoms with Crippen LogP contribution in [0.5, 0.6) is 0 Å². The number of nitrogens with zero attached hydrogens (tertiary/aromatic N) is 2. The number of hydrogen-bond acceptors (Lipinski definition) is 3. The quantitative estimate of drug-likeness (QED) is 0.486. The van der Waals surface area contributed by atoms with Crippen LogP contribution in [0.3, 0.4) is 0 Å². The van der Waals surface area contributed by atoms with E-state index in [1.165, 1.54) is 0 Å². The lowest BCUT2D eigenvalue weighted by molar-refractivity contribution is 0.618.